The number of rotatable bonds is 2. The normalized spacial score (nSPS) is 10.4. The number of anilines is 2. The van der Waals surface area contributed by atoms with Crippen LogP contribution in [0.4, 0.5) is 15.9 Å². The Morgan fingerprint density at radius 1 is 1.20 bits per heavy atom. The summed E-state index contributed by atoms with van der Waals surface area (Å²) in [5.41, 5.74) is 8.53. The maximum atomic E-state index is 13.2. The maximum Gasteiger partial charge on any atom is 0.261 e. The molecule has 2 N–H and O–H groups in total. The van der Waals surface area contributed by atoms with Gasteiger partial charge < -0.3 is 10.6 Å². The lowest BCUT2D eigenvalue weighted by atomic mass is 10.1. The van der Waals surface area contributed by atoms with Crippen LogP contribution in [-0.2, 0) is 0 Å². The number of carbonyl (C=O) groups is 1. The van der Waals surface area contributed by atoms with E-state index in [0.717, 1.165) is 29.1 Å². The van der Waals surface area contributed by atoms with E-state index >= 15 is 0 Å². The lowest BCUT2D eigenvalue weighted by Crippen LogP contribution is -2.27. The molecule has 0 unspecified atom stereocenters. The molecule has 0 saturated heterocycles. The van der Waals surface area contributed by atoms with Crippen LogP contribution in [0.2, 0.25) is 0 Å². The van der Waals surface area contributed by atoms with Crippen LogP contribution >= 0.6 is 0 Å². The minimum Gasteiger partial charge on any atom is -0.383 e. The van der Waals surface area contributed by atoms with Gasteiger partial charge in [-0.3, -0.25) is 4.79 Å². The zero-order chi connectivity index (χ0) is 14.9. The first kappa shape index (κ1) is 14.0. The number of aryl methyl sites for hydroxylation is 2. The number of pyridine rings is 1. The van der Waals surface area contributed by atoms with E-state index in [-0.39, 0.29) is 17.3 Å². The van der Waals surface area contributed by atoms with Crippen molar-refractivity contribution in [2.45, 2.75) is 13.8 Å². The second kappa shape index (κ2) is 5.28. The summed E-state index contributed by atoms with van der Waals surface area (Å²) in [6, 6.07) is 6.88. The average molecular weight is 273 g/mol. The van der Waals surface area contributed by atoms with Crippen molar-refractivity contribution in [2.75, 3.05) is 17.7 Å². The van der Waals surface area contributed by atoms with Crippen LogP contribution in [0, 0.1) is 19.7 Å². The Hall–Kier alpha value is -2.43. The van der Waals surface area contributed by atoms with E-state index in [1.807, 2.05) is 32.0 Å². The van der Waals surface area contributed by atoms with Crippen molar-refractivity contribution in [3.8, 4) is 0 Å². The zero-order valence-corrected chi connectivity index (χ0v) is 11.6. The molecule has 0 fully saturated rings. The van der Waals surface area contributed by atoms with Crippen molar-refractivity contribution in [2.24, 2.45) is 0 Å². The first-order valence-corrected chi connectivity index (χ1v) is 6.16. The van der Waals surface area contributed by atoms with Crippen LogP contribution in [-0.4, -0.2) is 17.9 Å². The summed E-state index contributed by atoms with van der Waals surface area (Å²) in [5.74, 6) is -0.955. The van der Waals surface area contributed by atoms with Gasteiger partial charge in [0.05, 0.1) is 11.8 Å². The molecule has 5 heteroatoms. The van der Waals surface area contributed by atoms with Crippen LogP contribution in [0.1, 0.15) is 21.5 Å². The molecular formula is C15H16FN3O. The molecule has 20 heavy (non-hydrogen) atoms. The quantitative estimate of drug-likeness (QED) is 0.915. The maximum absolute atomic E-state index is 13.2. The predicted molar refractivity (Wildman–Crippen MR) is 77.3 cm³/mol. The highest BCUT2D eigenvalue weighted by molar-refractivity contribution is 6.08. The highest BCUT2D eigenvalue weighted by atomic mass is 19.1. The van der Waals surface area contributed by atoms with Gasteiger partial charge in [-0.15, -0.1) is 0 Å². The summed E-state index contributed by atoms with van der Waals surface area (Å²) in [6.45, 7) is 3.90. The first-order chi connectivity index (χ1) is 9.38. The third-order valence-electron chi connectivity index (χ3n) is 3.01. The molecule has 0 bridgehead atoms. The van der Waals surface area contributed by atoms with Crippen LogP contribution in [0.25, 0.3) is 0 Å². The van der Waals surface area contributed by atoms with E-state index < -0.39 is 5.82 Å². The van der Waals surface area contributed by atoms with E-state index in [9.17, 15) is 9.18 Å². The molecule has 0 aliphatic carbocycles. The topological polar surface area (TPSA) is 59.2 Å². The summed E-state index contributed by atoms with van der Waals surface area (Å²) in [6.07, 6.45) is 0.989. The van der Waals surface area contributed by atoms with Gasteiger partial charge in [-0.25, -0.2) is 9.37 Å². The molecule has 1 amide bonds. The van der Waals surface area contributed by atoms with Crippen LogP contribution in [0.15, 0.2) is 30.5 Å². The molecule has 1 aromatic heterocycles. The Balaban J connectivity index is 2.39. The third-order valence-corrected chi connectivity index (χ3v) is 3.01. The van der Waals surface area contributed by atoms with Crippen molar-refractivity contribution in [1.82, 2.24) is 4.98 Å². The van der Waals surface area contributed by atoms with E-state index in [1.54, 1.807) is 7.05 Å². The number of carbonyl (C=O) groups excluding carboxylic acids is 1. The van der Waals surface area contributed by atoms with Gasteiger partial charge in [0.15, 0.2) is 0 Å². The average Bonchev–Trinajstić information content (AvgIpc) is 2.38. The van der Waals surface area contributed by atoms with Crippen molar-refractivity contribution >= 4 is 17.4 Å². The smallest absolute Gasteiger partial charge is 0.261 e. The number of hydrogen-bond donors (Lipinski definition) is 1. The zero-order valence-electron chi connectivity index (χ0n) is 11.6. The van der Waals surface area contributed by atoms with Crippen LogP contribution < -0.4 is 10.6 Å². The molecule has 0 aliphatic heterocycles. The Bertz CT molecular complexity index is 650. The molecule has 0 atom stereocenters. The minimum absolute atomic E-state index is 0.0209. The fraction of sp³-hybridized carbons (Fsp3) is 0.200. The van der Waals surface area contributed by atoms with Gasteiger partial charge in [0.1, 0.15) is 11.6 Å². The number of benzene rings is 1. The molecule has 2 rings (SSSR count). The van der Waals surface area contributed by atoms with Crippen molar-refractivity contribution in [3.05, 3.63) is 53.0 Å². The lowest BCUT2D eigenvalue weighted by Gasteiger charge is -2.19. The van der Waals surface area contributed by atoms with Gasteiger partial charge in [0.25, 0.3) is 5.91 Å². The number of halogens is 1. The second-order valence-electron chi connectivity index (χ2n) is 4.80. The molecule has 0 saturated carbocycles. The fourth-order valence-electron chi connectivity index (χ4n) is 2.06. The minimum atomic E-state index is -0.587. The Morgan fingerprint density at radius 3 is 2.40 bits per heavy atom. The third kappa shape index (κ3) is 2.77. The lowest BCUT2D eigenvalue weighted by molar-refractivity contribution is 0.0993. The Morgan fingerprint density at radius 2 is 1.80 bits per heavy atom. The van der Waals surface area contributed by atoms with Gasteiger partial charge in [0.2, 0.25) is 0 Å². The molecule has 0 radical (unpaired) electrons. The summed E-state index contributed by atoms with van der Waals surface area (Å²) in [7, 11) is 1.63. The molecule has 0 spiro atoms. The number of aromatic nitrogens is 1. The van der Waals surface area contributed by atoms with E-state index in [2.05, 4.69) is 4.98 Å². The molecule has 0 aliphatic rings. The number of nitrogens with zero attached hydrogens (tertiary/aromatic N) is 2. The fourth-order valence-corrected chi connectivity index (χ4v) is 2.06. The molecule has 104 valence electrons. The SMILES string of the molecule is Cc1cc(C)cc(N(C)C(=O)c2cc(F)cnc2N)c1. The number of nitrogens with two attached hydrogens (primary N) is 1. The number of hydrogen-bond acceptors (Lipinski definition) is 3. The highest BCUT2D eigenvalue weighted by Gasteiger charge is 2.18. The van der Waals surface area contributed by atoms with Gasteiger partial charge >= 0.3 is 0 Å². The van der Waals surface area contributed by atoms with Gasteiger partial charge in [-0.2, -0.15) is 0 Å². The van der Waals surface area contributed by atoms with Crippen molar-refractivity contribution in [3.63, 3.8) is 0 Å². The molecule has 1 heterocycles. The molecule has 2 aromatic rings. The summed E-state index contributed by atoms with van der Waals surface area (Å²) in [4.78, 5) is 17.5. The van der Waals surface area contributed by atoms with E-state index in [1.165, 1.54) is 4.90 Å². The summed E-state index contributed by atoms with van der Waals surface area (Å²) in [5, 5.41) is 0. The monoisotopic (exact) mass is 273 g/mol. The van der Waals surface area contributed by atoms with Gasteiger partial charge in [-0.05, 0) is 43.2 Å². The molecule has 1 aromatic carbocycles. The number of nitrogen functional groups attached to an aromatic ring is 1. The van der Waals surface area contributed by atoms with Crippen molar-refractivity contribution < 1.29 is 9.18 Å². The van der Waals surface area contributed by atoms with E-state index in [0.29, 0.717) is 0 Å². The standard InChI is InChI=1S/C15H16FN3O/c1-9-4-10(2)6-12(5-9)19(3)15(20)13-7-11(16)8-18-14(13)17/h4-8H,1-3H3,(H2,17,18). The van der Waals surface area contributed by atoms with E-state index in [4.69, 9.17) is 5.73 Å². The van der Waals surface area contributed by atoms with Crippen LogP contribution in [0.5, 0.6) is 0 Å². The molecule has 4 nitrogen and oxygen atoms in total. The van der Waals surface area contributed by atoms with Crippen molar-refractivity contribution in [1.29, 1.82) is 0 Å². The van der Waals surface area contributed by atoms with Gasteiger partial charge in [0, 0.05) is 12.7 Å². The number of amides is 1. The van der Waals surface area contributed by atoms with Gasteiger partial charge in [-0.1, -0.05) is 6.07 Å². The summed E-state index contributed by atoms with van der Waals surface area (Å²) >= 11 is 0. The largest absolute Gasteiger partial charge is 0.383 e. The van der Waals surface area contributed by atoms with Crippen LogP contribution in [0.3, 0.4) is 0 Å². The Labute approximate surface area is 117 Å². The summed E-state index contributed by atoms with van der Waals surface area (Å²) < 4.78 is 13.2. The highest BCUT2D eigenvalue weighted by Crippen LogP contribution is 2.21. The molecular weight excluding hydrogens is 257 g/mol. The second-order valence-corrected chi connectivity index (χ2v) is 4.80. The predicted octanol–water partition coefficient (Wildman–Crippen LogP) is 2.70. The first-order valence-electron chi connectivity index (χ1n) is 6.16. The Kier molecular flexibility index (Phi) is 3.70.